The van der Waals surface area contributed by atoms with Crippen LogP contribution in [0.5, 0.6) is 0 Å². The molecule has 0 radical (unpaired) electrons. The summed E-state index contributed by atoms with van der Waals surface area (Å²) in [5.74, 6) is -3.27. The molecule has 196 valence electrons. The summed E-state index contributed by atoms with van der Waals surface area (Å²) in [4.78, 5) is 13.5. The largest absolute Gasteiger partial charge is 0.370 e. The number of benzene rings is 2. The van der Waals surface area contributed by atoms with Crippen molar-refractivity contribution in [2.24, 2.45) is 0 Å². The van der Waals surface area contributed by atoms with Gasteiger partial charge >= 0.3 is 0 Å². The molecule has 2 fully saturated rings. The molecular formula is C27H32F3NO5. The number of ether oxygens (including phenoxy) is 4. The van der Waals surface area contributed by atoms with Gasteiger partial charge in [0.25, 0.3) is 5.91 Å². The van der Waals surface area contributed by atoms with E-state index in [0.29, 0.717) is 5.56 Å². The monoisotopic (exact) mass is 507 g/mol. The van der Waals surface area contributed by atoms with Gasteiger partial charge in [0.05, 0.1) is 25.4 Å². The summed E-state index contributed by atoms with van der Waals surface area (Å²) >= 11 is 0. The minimum atomic E-state index is -1.45. The molecule has 4 rings (SSSR count). The van der Waals surface area contributed by atoms with Gasteiger partial charge in [-0.1, -0.05) is 24.3 Å². The van der Waals surface area contributed by atoms with E-state index in [-0.39, 0.29) is 37.7 Å². The van der Waals surface area contributed by atoms with Gasteiger partial charge in [-0.3, -0.25) is 4.79 Å². The Hall–Kier alpha value is -2.46. The molecule has 1 amide bonds. The maximum atomic E-state index is 14.3. The van der Waals surface area contributed by atoms with E-state index in [0.717, 1.165) is 12.1 Å². The molecule has 0 aromatic heterocycles. The summed E-state index contributed by atoms with van der Waals surface area (Å²) < 4.78 is 67.2. The van der Waals surface area contributed by atoms with Crippen LogP contribution in [0.2, 0.25) is 0 Å². The number of hydrogen-bond donors (Lipinski definition) is 1. The zero-order valence-electron chi connectivity index (χ0n) is 20.9. The van der Waals surface area contributed by atoms with Crippen molar-refractivity contribution in [3.05, 3.63) is 71.0 Å². The lowest BCUT2D eigenvalue weighted by molar-refractivity contribution is -0.184. The summed E-state index contributed by atoms with van der Waals surface area (Å²) in [5, 5.41) is 2.89. The fourth-order valence-corrected chi connectivity index (χ4v) is 4.79. The van der Waals surface area contributed by atoms with Gasteiger partial charge < -0.3 is 24.3 Å². The lowest BCUT2D eigenvalue weighted by atomic mass is 9.78. The Bertz CT molecular complexity index is 1070. The third-order valence-corrected chi connectivity index (χ3v) is 6.45. The van der Waals surface area contributed by atoms with E-state index in [1.165, 1.54) is 12.1 Å². The van der Waals surface area contributed by atoms with Gasteiger partial charge in [0, 0.05) is 30.0 Å². The summed E-state index contributed by atoms with van der Waals surface area (Å²) in [6, 6.07) is 9.56. The number of hydrogen-bond acceptors (Lipinski definition) is 5. The molecule has 36 heavy (non-hydrogen) atoms. The van der Waals surface area contributed by atoms with E-state index in [9.17, 15) is 18.0 Å². The predicted octanol–water partition coefficient (Wildman–Crippen LogP) is 4.78. The minimum Gasteiger partial charge on any atom is -0.370 e. The summed E-state index contributed by atoms with van der Waals surface area (Å²) in [6.45, 7) is 6.60. The topological polar surface area (TPSA) is 66.0 Å². The molecule has 0 spiro atoms. The molecule has 0 bridgehead atoms. The fourth-order valence-electron chi connectivity index (χ4n) is 4.79. The highest BCUT2D eigenvalue weighted by molar-refractivity contribution is 5.85. The molecule has 2 aromatic rings. The number of fused-ring (bicyclic) bond motifs is 1. The Labute approximate surface area is 209 Å². The number of amides is 1. The van der Waals surface area contributed by atoms with Crippen LogP contribution in [0.1, 0.15) is 51.7 Å². The average molecular weight is 508 g/mol. The number of rotatable bonds is 8. The molecule has 2 aliphatic rings. The zero-order valence-corrected chi connectivity index (χ0v) is 20.9. The highest BCUT2D eigenvalue weighted by Gasteiger charge is 2.58. The van der Waals surface area contributed by atoms with Crippen molar-refractivity contribution in [3.8, 4) is 0 Å². The summed E-state index contributed by atoms with van der Waals surface area (Å²) in [5.41, 5.74) is -1.37. The fraction of sp³-hybridized carbons (Fsp3) is 0.519. The first-order chi connectivity index (χ1) is 17.0. The van der Waals surface area contributed by atoms with E-state index in [1.54, 1.807) is 32.0 Å². The van der Waals surface area contributed by atoms with E-state index in [2.05, 4.69) is 5.32 Å². The minimum absolute atomic E-state index is 0.0245. The van der Waals surface area contributed by atoms with Gasteiger partial charge in [0.15, 0.2) is 11.4 Å². The zero-order chi connectivity index (χ0) is 26.1. The molecule has 4 atom stereocenters. The van der Waals surface area contributed by atoms with E-state index < -0.39 is 53.1 Å². The van der Waals surface area contributed by atoms with Gasteiger partial charge in [0.2, 0.25) is 0 Å². The first kappa shape index (κ1) is 26.6. The molecule has 1 unspecified atom stereocenters. The van der Waals surface area contributed by atoms with E-state index in [4.69, 9.17) is 18.9 Å². The Morgan fingerprint density at radius 1 is 1.00 bits per heavy atom. The first-order valence-electron chi connectivity index (χ1n) is 12.1. The van der Waals surface area contributed by atoms with Crippen molar-refractivity contribution >= 4 is 5.91 Å². The highest BCUT2D eigenvalue weighted by atomic mass is 19.1. The van der Waals surface area contributed by atoms with Crippen LogP contribution in [-0.4, -0.2) is 41.6 Å². The number of carbonyl (C=O) groups excluding carboxylic acids is 1. The normalized spacial score (nSPS) is 27.2. The van der Waals surface area contributed by atoms with Gasteiger partial charge in [-0.05, 0) is 45.9 Å². The predicted molar refractivity (Wildman–Crippen MR) is 125 cm³/mol. The van der Waals surface area contributed by atoms with E-state index >= 15 is 0 Å². The summed E-state index contributed by atoms with van der Waals surface area (Å²) in [6.07, 6.45) is -1.81. The molecule has 9 heteroatoms. The molecule has 1 aliphatic heterocycles. The Kier molecular flexibility index (Phi) is 7.75. The molecule has 1 saturated heterocycles. The Morgan fingerprint density at radius 2 is 1.67 bits per heavy atom. The van der Waals surface area contributed by atoms with Gasteiger partial charge in [-0.15, -0.1) is 0 Å². The maximum Gasteiger partial charge on any atom is 0.252 e. The molecule has 2 aromatic carbocycles. The lowest BCUT2D eigenvalue weighted by Crippen LogP contribution is -2.60. The van der Waals surface area contributed by atoms with Gasteiger partial charge in [-0.25, -0.2) is 13.2 Å². The molecule has 1 N–H and O–H groups in total. The van der Waals surface area contributed by atoms with Gasteiger partial charge in [-0.2, -0.15) is 0 Å². The van der Waals surface area contributed by atoms with Crippen LogP contribution < -0.4 is 5.32 Å². The van der Waals surface area contributed by atoms with Crippen LogP contribution in [0.25, 0.3) is 0 Å². The number of nitrogens with one attached hydrogen (secondary N) is 1. The molecule has 1 aliphatic carbocycles. The van der Waals surface area contributed by atoms with Crippen molar-refractivity contribution in [3.63, 3.8) is 0 Å². The Balaban J connectivity index is 1.64. The maximum absolute atomic E-state index is 14.3. The van der Waals surface area contributed by atoms with Gasteiger partial charge in [0.1, 0.15) is 23.6 Å². The highest BCUT2D eigenvalue weighted by Crippen LogP contribution is 2.44. The van der Waals surface area contributed by atoms with Crippen LogP contribution in [0, 0.1) is 17.5 Å². The molecule has 1 heterocycles. The van der Waals surface area contributed by atoms with Crippen molar-refractivity contribution < 1.29 is 36.9 Å². The average Bonchev–Trinajstić information content (AvgIpc) is 3.11. The quantitative estimate of drug-likeness (QED) is 0.557. The van der Waals surface area contributed by atoms with Crippen LogP contribution in [0.15, 0.2) is 42.5 Å². The second-order valence-electron chi connectivity index (χ2n) is 10.1. The third kappa shape index (κ3) is 5.75. The Morgan fingerprint density at radius 3 is 2.33 bits per heavy atom. The van der Waals surface area contributed by atoms with Crippen molar-refractivity contribution in [1.29, 1.82) is 0 Å². The second-order valence-corrected chi connectivity index (χ2v) is 10.1. The third-order valence-electron chi connectivity index (χ3n) is 6.45. The van der Waals surface area contributed by atoms with Crippen LogP contribution in [-0.2, 0) is 37.0 Å². The van der Waals surface area contributed by atoms with E-state index in [1.807, 2.05) is 13.8 Å². The van der Waals surface area contributed by atoms with Crippen LogP contribution in [0.3, 0.4) is 0 Å². The van der Waals surface area contributed by atoms with Crippen molar-refractivity contribution in [2.45, 2.75) is 89.5 Å². The standard InChI is InChI=1S/C27H32F3NO5/c1-16(2)31-25(32)27(34-14-17-8-5-6-9-19(17)28)12-22(24-23(13-27)35-26(3,4)36-24)33-15-18-20(29)10-7-11-21(18)30/h5-11,16,22-24H,12-15H2,1-4H3,(H,31,32)/t22?,23-,24+,27-/m1/s1. The smallest absolute Gasteiger partial charge is 0.252 e. The first-order valence-corrected chi connectivity index (χ1v) is 12.1. The van der Waals surface area contributed by atoms with Crippen molar-refractivity contribution in [2.75, 3.05) is 0 Å². The SMILES string of the molecule is CC(C)NC(=O)[C@@]1(OCc2ccccc2F)CC(OCc2c(F)cccc2F)[C@@H]2OC(C)(C)O[C@@H]2C1. The summed E-state index contributed by atoms with van der Waals surface area (Å²) in [7, 11) is 0. The number of carbonyl (C=O) groups is 1. The molecule has 1 saturated carbocycles. The second kappa shape index (κ2) is 10.5. The number of halogens is 3. The molecule has 6 nitrogen and oxygen atoms in total. The van der Waals surface area contributed by atoms with Crippen LogP contribution >= 0.6 is 0 Å². The van der Waals surface area contributed by atoms with Crippen molar-refractivity contribution in [1.82, 2.24) is 5.32 Å². The van der Waals surface area contributed by atoms with Crippen LogP contribution in [0.4, 0.5) is 13.2 Å². The lowest BCUT2D eigenvalue weighted by Gasteiger charge is -2.43. The molecular weight excluding hydrogens is 475 g/mol.